The zero-order valence-electron chi connectivity index (χ0n) is 17.3. The Morgan fingerprint density at radius 2 is 1.79 bits per heavy atom. The highest BCUT2D eigenvalue weighted by molar-refractivity contribution is 5.79. The van der Waals surface area contributed by atoms with Crippen LogP contribution in [0.15, 0.2) is 29.3 Å². The number of rotatable bonds is 8. The van der Waals surface area contributed by atoms with Crippen LogP contribution in [0.25, 0.3) is 0 Å². The molecule has 2 N–H and O–H groups in total. The van der Waals surface area contributed by atoms with E-state index in [2.05, 4.69) is 44.8 Å². The van der Waals surface area contributed by atoms with Gasteiger partial charge < -0.3 is 25.0 Å². The summed E-state index contributed by atoms with van der Waals surface area (Å²) in [5, 5.41) is 6.82. The molecule has 0 unspecified atom stereocenters. The molecule has 156 valence electrons. The van der Waals surface area contributed by atoms with Crippen molar-refractivity contribution in [1.29, 1.82) is 0 Å². The number of aliphatic imine (C=N–C) groups is 1. The largest absolute Gasteiger partial charge is 0.381 e. The van der Waals surface area contributed by atoms with Crippen LogP contribution in [0.1, 0.15) is 43.2 Å². The molecule has 6 nitrogen and oxygen atoms in total. The SMILES string of the molecule is CN=C(NCCN1CCCCC1)NCc1ccc(COC2CCOCC2)cc1. The first-order valence-electron chi connectivity index (χ1n) is 10.8. The zero-order valence-corrected chi connectivity index (χ0v) is 17.3. The number of nitrogens with one attached hydrogen (secondary N) is 2. The Bertz CT molecular complexity index is 579. The van der Waals surface area contributed by atoms with Crippen LogP contribution in [-0.2, 0) is 22.6 Å². The van der Waals surface area contributed by atoms with Gasteiger partial charge in [0.05, 0.1) is 12.7 Å². The molecule has 0 bridgehead atoms. The third kappa shape index (κ3) is 7.41. The summed E-state index contributed by atoms with van der Waals surface area (Å²) in [4.78, 5) is 6.86. The number of guanidine groups is 1. The standard InChI is InChI=1S/C22H36N4O2/c1-23-22(24-11-14-26-12-3-2-4-13-26)25-17-19-5-7-20(8-6-19)18-28-21-9-15-27-16-10-21/h5-8,21H,2-4,9-18H2,1H3,(H2,23,24,25). The van der Waals surface area contributed by atoms with Crippen molar-refractivity contribution in [3.8, 4) is 0 Å². The lowest BCUT2D eigenvalue weighted by molar-refractivity contribution is -0.0390. The molecule has 0 amide bonds. The van der Waals surface area contributed by atoms with Gasteiger partial charge in [-0.1, -0.05) is 30.7 Å². The average molecular weight is 389 g/mol. The van der Waals surface area contributed by atoms with Crippen LogP contribution in [0, 0.1) is 0 Å². The van der Waals surface area contributed by atoms with E-state index in [9.17, 15) is 0 Å². The molecule has 1 aromatic rings. The number of hydrogen-bond donors (Lipinski definition) is 2. The zero-order chi connectivity index (χ0) is 19.4. The minimum absolute atomic E-state index is 0.342. The number of piperidine rings is 1. The van der Waals surface area contributed by atoms with Crippen LogP contribution in [-0.4, -0.2) is 63.4 Å². The van der Waals surface area contributed by atoms with E-state index in [0.29, 0.717) is 12.7 Å². The summed E-state index contributed by atoms with van der Waals surface area (Å²) in [6.45, 7) is 7.58. The summed E-state index contributed by atoms with van der Waals surface area (Å²) in [6, 6.07) is 8.64. The summed E-state index contributed by atoms with van der Waals surface area (Å²) in [5.74, 6) is 0.865. The summed E-state index contributed by atoms with van der Waals surface area (Å²) >= 11 is 0. The molecule has 2 aliphatic heterocycles. The highest BCUT2D eigenvalue weighted by Crippen LogP contribution is 2.14. The van der Waals surface area contributed by atoms with Gasteiger partial charge in [0, 0.05) is 39.9 Å². The second kappa shape index (κ2) is 12.0. The van der Waals surface area contributed by atoms with Crippen LogP contribution >= 0.6 is 0 Å². The topological polar surface area (TPSA) is 58.1 Å². The minimum atomic E-state index is 0.342. The summed E-state index contributed by atoms with van der Waals surface area (Å²) in [5.41, 5.74) is 2.47. The van der Waals surface area contributed by atoms with E-state index < -0.39 is 0 Å². The molecular weight excluding hydrogens is 352 g/mol. The van der Waals surface area contributed by atoms with Gasteiger partial charge in [0.1, 0.15) is 0 Å². The number of nitrogens with zero attached hydrogens (tertiary/aromatic N) is 2. The van der Waals surface area contributed by atoms with Crippen LogP contribution in [0.4, 0.5) is 0 Å². The first-order chi connectivity index (χ1) is 13.8. The van der Waals surface area contributed by atoms with E-state index in [1.54, 1.807) is 0 Å². The van der Waals surface area contributed by atoms with E-state index in [-0.39, 0.29) is 0 Å². The second-order valence-corrected chi connectivity index (χ2v) is 7.69. The Kier molecular flexibility index (Phi) is 9.07. The third-order valence-electron chi connectivity index (χ3n) is 5.53. The molecule has 28 heavy (non-hydrogen) atoms. The molecule has 6 heteroatoms. The molecule has 2 heterocycles. The summed E-state index contributed by atoms with van der Waals surface area (Å²) < 4.78 is 11.4. The molecule has 1 aromatic carbocycles. The first-order valence-corrected chi connectivity index (χ1v) is 10.8. The van der Waals surface area contributed by atoms with E-state index in [4.69, 9.17) is 9.47 Å². The average Bonchev–Trinajstić information content (AvgIpc) is 2.77. The molecule has 3 rings (SSSR count). The van der Waals surface area contributed by atoms with Gasteiger partial charge in [0.2, 0.25) is 0 Å². The molecule has 0 aliphatic carbocycles. The monoisotopic (exact) mass is 388 g/mol. The fourth-order valence-corrected chi connectivity index (χ4v) is 3.73. The van der Waals surface area contributed by atoms with Gasteiger partial charge in [-0.2, -0.15) is 0 Å². The maximum Gasteiger partial charge on any atom is 0.191 e. The van der Waals surface area contributed by atoms with Crippen molar-refractivity contribution in [2.45, 2.75) is 51.4 Å². The molecule has 0 radical (unpaired) electrons. The van der Waals surface area contributed by atoms with Crippen LogP contribution < -0.4 is 10.6 Å². The first kappa shape index (κ1) is 21.1. The molecule has 0 saturated carbocycles. The number of likely N-dealkylation sites (tertiary alicyclic amines) is 1. The molecular formula is C22H36N4O2. The number of hydrogen-bond acceptors (Lipinski definition) is 4. The maximum absolute atomic E-state index is 5.99. The number of benzene rings is 1. The van der Waals surface area contributed by atoms with E-state index in [0.717, 1.165) is 51.6 Å². The Labute approximate surface area is 169 Å². The fourth-order valence-electron chi connectivity index (χ4n) is 3.73. The molecule has 2 fully saturated rings. The predicted molar refractivity (Wildman–Crippen MR) is 114 cm³/mol. The van der Waals surface area contributed by atoms with Crippen molar-refractivity contribution in [2.75, 3.05) is 46.4 Å². The lowest BCUT2D eigenvalue weighted by Crippen LogP contribution is -2.42. The van der Waals surface area contributed by atoms with Crippen LogP contribution in [0.2, 0.25) is 0 Å². The van der Waals surface area contributed by atoms with E-state index in [1.165, 1.54) is 43.5 Å². The minimum Gasteiger partial charge on any atom is -0.381 e. The maximum atomic E-state index is 5.99. The fraction of sp³-hybridized carbons (Fsp3) is 0.682. The van der Waals surface area contributed by atoms with Crippen LogP contribution in [0.3, 0.4) is 0 Å². The van der Waals surface area contributed by atoms with Crippen molar-refractivity contribution >= 4 is 5.96 Å². The lowest BCUT2D eigenvalue weighted by atomic mass is 10.1. The highest BCUT2D eigenvalue weighted by Gasteiger charge is 2.14. The second-order valence-electron chi connectivity index (χ2n) is 7.69. The Morgan fingerprint density at radius 1 is 1.07 bits per heavy atom. The third-order valence-corrected chi connectivity index (χ3v) is 5.53. The van der Waals surface area contributed by atoms with E-state index >= 15 is 0 Å². The van der Waals surface area contributed by atoms with Gasteiger partial charge >= 0.3 is 0 Å². The van der Waals surface area contributed by atoms with Gasteiger partial charge in [-0.25, -0.2) is 0 Å². The van der Waals surface area contributed by atoms with Gasteiger partial charge in [-0.3, -0.25) is 4.99 Å². The van der Waals surface area contributed by atoms with Gasteiger partial charge in [0.25, 0.3) is 0 Å². The molecule has 0 atom stereocenters. The summed E-state index contributed by atoms with van der Waals surface area (Å²) in [7, 11) is 1.83. The molecule has 2 saturated heterocycles. The van der Waals surface area contributed by atoms with Crippen molar-refractivity contribution in [3.63, 3.8) is 0 Å². The normalized spacial score (nSPS) is 19.5. The predicted octanol–water partition coefficient (Wildman–Crippen LogP) is 2.53. The van der Waals surface area contributed by atoms with Gasteiger partial charge in [0.15, 0.2) is 5.96 Å². The lowest BCUT2D eigenvalue weighted by Gasteiger charge is -2.26. The molecule has 0 spiro atoms. The van der Waals surface area contributed by atoms with Crippen LogP contribution in [0.5, 0.6) is 0 Å². The Morgan fingerprint density at radius 3 is 2.50 bits per heavy atom. The Balaban J connectivity index is 1.33. The molecule has 0 aromatic heterocycles. The smallest absolute Gasteiger partial charge is 0.191 e. The van der Waals surface area contributed by atoms with Gasteiger partial charge in [-0.05, 0) is 49.9 Å². The van der Waals surface area contributed by atoms with Crippen molar-refractivity contribution in [1.82, 2.24) is 15.5 Å². The van der Waals surface area contributed by atoms with Crippen molar-refractivity contribution in [3.05, 3.63) is 35.4 Å². The molecule has 2 aliphatic rings. The number of ether oxygens (including phenoxy) is 2. The van der Waals surface area contributed by atoms with Crippen molar-refractivity contribution in [2.24, 2.45) is 4.99 Å². The van der Waals surface area contributed by atoms with E-state index in [1.807, 2.05) is 7.05 Å². The Hall–Kier alpha value is -1.63. The van der Waals surface area contributed by atoms with Gasteiger partial charge in [-0.15, -0.1) is 0 Å². The van der Waals surface area contributed by atoms with Crippen molar-refractivity contribution < 1.29 is 9.47 Å². The highest BCUT2D eigenvalue weighted by atomic mass is 16.5. The quantitative estimate of drug-likeness (QED) is 0.529. The summed E-state index contributed by atoms with van der Waals surface area (Å²) in [6.07, 6.45) is 6.41.